The molecule has 0 aromatic carbocycles. The lowest BCUT2D eigenvalue weighted by Gasteiger charge is -2.49. The molecule has 1 saturated carbocycles. The molecule has 6 fully saturated rings. The Labute approximate surface area is 646 Å². The first kappa shape index (κ1) is 97.4. The maximum Gasteiger partial charge on any atom is 0.472 e. The van der Waals surface area contributed by atoms with Crippen LogP contribution in [0.1, 0.15) is 187 Å². The lowest BCUT2D eigenvalue weighted by Crippen LogP contribution is -2.69. The Morgan fingerprint density at radius 1 is 0.351 bits per heavy atom. The second kappa shape index (κ2) is 50.5. The molecule has 0 aromatic rings. The van der Waals surface area contributed by atoms with Crippen LogP contribution in [-0.2, 0) is 80.0 Å². The molecule has 39 heteroatoms. The van der Waals surface area contributed by atoms with E-state index < -0.39 is 262 Å². The lowest BCUT2D eigenvalue weighted by atomic mass is 9.84. The first-order valence-corrected chi connectivity index (χ1v) is 41.1. The summed E-state index contributed by atoms with van der Waals surface area (Å²) < 4.78 is 92.8. The molecule has 0 spiro atoms. The predicted octanol–water partition coefficient (Wildman–Crippen LogP) is -2.99. The summed E-state index contributed by atoms with van der Waals surface area (Å²) in [5.74, 6) is -1.49. The molecular weight excluding hydrogens is 1500 g/mol. The number of rotatable bonds is 51. The number of aliphatic hydroxyl groups is 20. The van der Waals surface area contributed by atoms with Crippen LogP contribution in [0.15, 0.2) is 12.2 Å². The van der Waals surface area contributed by atoms with Gasteiger partial charge in [-0.1, -0.05) is 148 Å². The van der Waals surface area contributed by atoms with Crippen LogP contribution in [0.2, 0.25) is 0 Å². The van der Waals surface area contributed by atoms with Crippen molar-refractivity contribution in [3.05, 3.63) is 12.2 Å². The summed E-state index contributed by atoms with van der Waals surface area (Å²) in [6.45, 7) is -1.93. The second-order valence-corrected chi connectivity index (χ2v) is 31.1. The summed E-state index contributed by atoms with van der Waals surface area (Å²) >= 11 is 0. The number of aliphatic hydroxyl groups excluding tert-OH is 20. The van der Waals surface area contributed by atoms with E-state index in [0.717, 1.165) is 70.6 Å². The average molecular weight is 1630 g/mol. The minimum atomic E-state index is -5.85. The van der Waals surface area contributed by atoms with Crippen molar-refractivity contribution < 1.29 is 187 Å². The normalized spacial score (nSPS) is 38.5. The number of allylic oxidation sites excluding steroid dienone is 2. The van der Waals surface area contributed by atoms with Crippen LogP contribution in [0, 0.1) is 0 Å². The Morgan fingerprint density at radius 2 is 0.649 bits per heavy atom. The van der Waals surface area contributed by atoms with E-state index in [1.165, 1.54) is 64.2 Å². The largest absolute Gasteiger partial charge is 0.472 e. The van der Waals surface area contributed by atoms with Gasteiger partial charge in [0.2, 0.25) is 0 Å². The van der Waals surface area contributed by atoms with Crippen LogP contribution in [0.5, 0.6) is 0 Å². The third-order valence-electron chi connectivity index (χ3n) is 20.9. The van der Waals surface area contributed by atoms with Gasteiger partial charge in [-0.05, 0) is 38.5 Å². The van der Waals surface area contributed by atoms with Crippen molar-refractivity contribution in [1.82, 2.24) is 0 Å². The van der Waals surface area contributed by atoms with E-state index in [1.54, 1.807) is 0 Å². The van der Waals surface area contributed by atoms with Crippen molar-refractivity contribution in [1.29, 1.82) is 0 Å². The molecule has 5 saturated heterocycles. The molecule has 0 amide bonds. The molecule has 0 radical (unpaired) electrons. The molecule has 650 valence electrons. The van der Waals surface area contributed by atoms with Crippen LogP contribution >= 0.6 is 7.82 Å². The number of hydrogen-bond acceptors (Lipinski definition) is 37. The zero-order chi connectivity index (χ0) is 81.5. The van der Waals surface area contributed by atoms with Crippen LogP contribution in [0.25, 0.3) is 0 Å². The van der Waals surface area contributed by atoms with Crippen LogP contribution in [-0.4, -0.2) is 361 Å². The molecule has 38 nitrogen and oxygen atoms in total. The van der Waals surface area contributed by atoms with E-state index in [-0.39, 0.29) is 12.8 Å². The maximum atomic E-state index is 14.5. The van der Waals surface area contributed by atoms with Gasteiger partial charge < -0.3 is 164 Å². The van der Waals surface area contributed by atoms with Gasteiger partial charge in [-0.15, -0.1) is 0 Å². The van der Waals surface area contributed by atoms with Gasteiger partial charge in [-0.2, -0.15) is 0 Å². The Hall–Kier alpha value is -2.41. The number of hydrogen-bond donors (Lipinski definition) is 21. The number of ether oxygens (including phenoxy) is 12. The fourth-order valence-corrected chi connectivity index (χ4v) is 14.8. The molecular formula is C72H129O38P. The summed E-state index contributed by atoms with van der Waals surface area (Å²) in [7, 11) is -5.85. The van der Waals surface area contributed by atoms with Crippen LogP contribution in [0.4, 0.5) is 0 Å². The monoisotopic (exact) mass is 1630 g/mol. The number of carbonyl (C=O) groups excluding carboxylic acids is 2. The SMILES string of the molecule is CCCCCCCCC/C=C\CCCCCCCC(=O)OC[C@H](COP(=O)(O)O[C@@H]1C(O[C@@H]2OC(CO[C@@H]3OC(CO[C@@H]4OC(CO[C@@H]5OC(CO)[C@H](O)C(O)[C@@H]5O)[C@H](O)C(O)[C@@H]4O)[C@H](O)C(O)[C@@H]3O)[C@H](O)C(O)[C@@H]2O)C(O)[C@@H](O)C(O)[C@H]1O[C@H]1OC(CO)[C@@H](O)C(O)[C@H]1O)OC(=O)CCCCCCCCCCCCC. The van der Waals surface area contributed by atoms with E-state index in [0.29, 0.717) is 25.7 Å². The Kier molecular flexibility index (Phi) is 44.3. The summed E-state index contributed by atoms with van der Waals surface area (Å²) in [4.78, 5) is 38.3. The van der Waals surface area contributed by atoms with E-state index in [1.807, 2.05) is 0 Å². The average Bonchev–Trinajstić information content (AvgIpc) is 0.770. The van der Waals surface area contributed by atoms with Gasteiger partial charge >= 0.3 is 19.8 Å². The molecule has 0 bridgehead atoms. The summed E-state index contributed by atoms with van der Waals surface area (Å²) in [5, 5.41) is 217. The molecule has 6 rings (SSSR count). The van der Waals surface area contributed by atoms with Crippen molar-refractivity contribution in [2.24, 2.45) is 0 Å². The third kappa shape index (κ3) is 30.1. The number of carbonyl (C=O) groups is 2. The van der Waals surface area contributed by atoms with Gasteiger partial charge in [-0.25, -0.2) is 4.57 Å². The molecule has 6 aliphatic rings. The maximum absolute atomic E-state index is 14.5. The van der Waals surface area contributed by atoms with Gasteiger partial charge in [-0.3, -0.25) is 18.6 Å². The van der Waals surface area contributed by atoms with Crippen molar-refractivity contribution in [3.63, 3.8) is 0 Å². The van der Waals surface area contributed by atoms with Crippen molar-refractivity contribution in [2.75, 3.05) is 46.2 Å². The van der Waals surface area contributed by atoms with E-state index in [9.17, 15) is 121 Å². The van der Waals surface area contributed by atoms with Crippen LogP contribution < -0.4 is 0 Å². The number of unbranched alkanes of at least 4 members (excludes halogenated alkanes) is 22. The Balaban J connectivity index is 1.13. The van der Waals surface area contributed by atoms with E-state index in [4.69, 9.17) is 65.9 Å². The fourth-order valence-electron chi connectivity index (χ4n) is 13.8. The van der Waals surface area contributed by atoms with Crippen molar-refractivity contribution in [2.45, 2.75) is 383 Å². The second-order valence-electron chi connectivity index (χ2n) is 29.7. The zero-order valence-electron chi connectivity index (χ0n) is 63.5. The van der Waals surface area contributed by atoms with Crippen molar-refractivity contribution >= 4 is 19.8 Å². The first-order valence-electron chi connectivity index (χ1n) is 39.6. The number of phosphoric acid groups is 1. The van der Waals surface area contributed by atoms with Gasteiger partial charge in [0.15, 0.2) is 37.6 Å². The molecule has 0 aromatic heterocycles. The highest BCUT2D eigenvalue weighted by atomic mass is 31.2. The smallest absolute Gasteiger partial charge is 0.462 e. The Morgan fingerprint density at radius 3 is 1.02 bits per heavy atom. The summed E-state index contributed by atoms with van der Waals surface area (Å²) in [6.07, 6.45) is -36.8. The standard InChI is InChI=1S/C72H129O38P/c1-3-5-7-9-11-13-15-16-17-18-19-21-22-24-26-28-30-45(75)97-34-39(102-46(76)31-29-27-25-23-20-14-12-10-8-6-4-2)35-101-111(95,96)110-67-65(108-71-63(93)53(83)48(78)41(33-74)104-71)58(88)57(87)59(89)66(67)109-72-64(94)56(86)51(81)44(107-72)38-100-70-62(92)55(85)50(80)43(106-70)37-99-69-61(91)54(84)49(79)42(105-69)36-98-68-60(90)52(82)47(77)40(32-73)103-68/h17-18,39-44,47-74,77-94H,3-16,19-38H2,1-2H3,(H,95,96)/b18-17-/t39-,40?,41?,42?,43?,44?,47+,48-,49+,50+,51+,52?,53?,54?,55?,56?,57+,58?,59?,60+,61+,62+,63-,64+,65-,66?,67+,68-,69-,70-,71-,72+/m1/s1. The lowest BCUT2D eigenvalue weighted by molar-refractivity contribution is -0.365. The van der Waals surface area contributed by atoms with Gasteiger partial charge in [0.05, 0.1) is 39.6 Å². The molecule has 14 unspecified atom stereocenters. The molecule has 5 heterocycles. The molecule has 1 aliphatic carbocycles. The quantitative estimate of drug-likeness (QED) is 0.0125. The fraction of sp³-hybridized carbons (Fsp3) is 0.944. The molecule has 33 atom stereocenters. The Bertz CT molecular complexity index is 2630. The van der Waals surface area contributed by atoms with Gasteiger partial charge in [0, 0.05) is 12.8 Å². The minimum absolute atomic E-state index is 0.0286. The highest BCUT2D eigenvalue weighted by Gasteiger charge is 2.59. The summed E-state index contributed by atoms with van der Waals surface area (Å²) in [5.41, 5.74) is 0. The van der Waals surface area contributed by atoms with E-state index in [2.05, 4.69) is 26.0 Å². The molecule has 111 heavy (non-hydrogen) atoms. The van der Waals surface area contributed by atoms with Gasteiger partial charge in [0.25, 0.3) is 0 Å². The third-order valence-corrected chi connectivity index (χ3v) is 21.8. The topological polar surface area (TPSA) is 605 Å². The number of phosphoric ester groups is 1. The predicted molar refractivity (Wildman–Crippen MR) is 380 cm³/mol. The van der Waals surface area contributed by atoms with E-state index >= 15 is 0 Å². The molecule has 5 aliphatic heterocycles. The van der Waals surface area contributed by atoms with Gasteiger partial charge in [0.1, 0.15) is 165 Å². The molecule has 21 N–H and O–H groups in total. The first-order chi connectivity index (χ1) is 53.0. The summed E-state index contributed by atoms with van der Waals surface area (Å²) in [6, 6.07) is 0. The number of esters is 2. The van der Waals surface area contributed by atoms with Crippen LogP contribution in [0.3, 0.4) is 0 Å². The minimum Gasteiger partial charge on any atom is -0.462 e. The highest BCUT2D eigenvalue weighted by Crippen LogP contribution is 2.49. The van der Waals surface area contributed by atoms with Crippen molar-refractivity contribution in [3.8, 4) is 0 Å². The highest BCUT2D eigenvalue weighted by molar-refractivity contribution is 7.47. The zero-order valence-corrected chi connectivity index (χ0v) is 64.3.